The summed E-state index contributed by atoms with van der Waals surface area (Å²) in [5.41, 5.74) is 1.20. The van der Waals surface area contributed by atoms with Gasteiger partial charge in [0.15, 0.2) is 0 Å². The zero-order chi connectivity index (χ0) is 14.7. The lowest BCUT2D eigenvalue weighted by Crippen LogP contribution is -2.34. The zero-order valence-corrected chi connectivity index (χ0v) is 13.0. The Morgan fingerprint density at radius 1 is 1.58 bits per heavy atom. The Kier molecular flexibility index (Phi) is 5.05. The van der Waals surface area contributed by atoms with Gasteiger partial charge in [0.1, 0.15) is 5.60 Å². The molecule has 0 amide bonds. The molecular weight excluding hydrogens is 240 g/mol. The maximum atomic E-state index is 10.8. The Labute approximate surface area is 117 Å². The Balaban J connectivity index is 2.70. The minimum Gasteiger partial charge on any atom is -0.450 e. The highest BCUT2D eigenvalue weighted by Gasteiger charge is 2.35. The predicted molar refractivity (Wildman–Crippen MR) is 77.3 cm³/mol. The molecule has 0 aromatic carbocycles. The number of hydrogen-bond donors (Lipinski definition) is 1. The number of rotatable bonds is 5. The van der Waals surface area contributed by atoms with Crippen molar-refractivity contribution < 1.29 is 14.6 Å². The van der Waals surface area contributed by atoms with E-state index in [2.05, 4.69) is 26.8 Å². The molecule has 3 nitrogen and oxygen atoms in total. The molecule has 19 heavy (non-hydrogen) atoms. The van der Waals surface area contributed by atoms with Crippen LogP contribution in [0.2, 0.25) is 0 Å². The summed E-state index contributed by atoms with van der Waals surface area (Å²) >= 11 is 0. The molecule has 0 aromatic rings. The molecule has 0 radical (unpaired) electrons. The molecule has 1 aliphatic rings. The van der Waals surface area contributed by atoms with Crippen LogP contribution in [0.1, 0.15) is 66.7 Å². The second kappa shape index (κ2) is 5.98. The van der Waals surface area contributed by atoms with Gasteiger partial charge in [0.05, 0.1) is 0 Å². The average Bonchev–Trinajstić information content (AvgIpc) is 2.26. The predicted octanol–water partition coefficient (Wildman–Crippen LogP) is 5.01. The van der Waals surface area contributed by atoms with Crippen molar-refractivity contribution in [3.8, 4) is 0 Å². The lowest BCUT2D eigenvalue weighted by molar-refractivity contribution is -0.0206. The third kappa shape index (κ3) is 4.26. The number of carbonyl (C=O) groups is 1. The quantitative estimate of drug-likeness (QED) is 0.563. The molecule has 0 aromatic heterocycles. The summed E-state index contributed by atoms with van der Waals surface area (Å²) in [6.45, 7) is 10.7. The van der Waals surface area contributed by atoms with Crippen molar-refractivity contribution in [2.24, 2.45) is 11.3 Å². The first-order chi connectivity index (χ1) is 8.70. The van der Waals surface area contributed by atoms with Crippen molar-refractivity contribution in [2.75, 3.05) is 0 Å². The molecular formula is C16H28O3. The van der Waals surface area contributed by atoms with Gasteiger partial charge >= 0.3 is 6.16 Å². The standard InChI is InChI=1S/C16H28O3/c1-6-16(5,19-14(17)18)11-9-13-12(2)8-7-10-15(13,3)4/h8,13H,6-7,9-11H2,1-5H3,(H,17,18). The summed E-state index contributed by atoms with van der Waals surface area (Å²) in [6.07, 6.45) is 6.03. The van der Waals surface area contributed by atoms with Gasteiger partial charge in [0.25, 0.3) is 0 Å². The molecule has 0 spiro atoms. The van der Waals surface area contributed by atoms with E-state index >= 15 is 0 Å². The summed E-state index contributed by atoms with van der Waals surface area (Å²) in [7, 11) is 0. The Hall–Kier alpha value is -0.990. The largest absolute Gasteiger partial charge is 0.506 e. The normalized spacial score (nSPS) is 25.3. The van der Waals surface area contributed by atoms with Crippen molar-refractivity contribution in [3.05, 3.63) is 11.6 Å². The molecule has 110 valence electrons. The van der Waals surface area contributed by atoms with Crippen LogP contribution in [0.5, 0.6) is 0 Å². The fourth-order valence-electron chi connectivity index (χ4n) is 3.18. The van der Waals surface area contributed by atoms with E-state index < -0.39 is 11.8 Å². The number of allylic oxidation sites excluding steroid dienone is 2. The van der Waals surface area contributed by atoms with Gasteiger partial charge in [-0.3, -0.25) is 0 Å². The van der Waals surface area contributed by atoms with Gasteiger partial charge in [0, 0.05) is 0 Å². The number of carboxylic acid groups (broad SMARTS) is 1. The molecule has 1 N–H and O–H groups in total. The first kappa shape index (κ1) is 16.1. The van der Waals surface area contributed by atoms with Crippen LogP contribution in [0.25, 0.3) is 0 Å². The molecule has 2 unspecified atom stereocenters. The molecule has 0 saturated carbocycles. The van der Waals surface area contributed by atoms with Crippen LogP contribution in [-0.4, -0.2) is 16.9 Å². The van der Waals surface area contributed by atoms with Crippen molar-refractivity contribution in [2.45, 2.75) is 72.3 Å². The topological polar surface area (TPSA) is 46.5 Å². The van der Waals surface area contributed by atoms with Gasteiger partial charge in [0.2, 0.25) is 0 Å². The van der Waals surface area contributed by atoms with Gasteiger partial charge in [-0.25, -0.2) is 4.79 Å². The van der Waals surface area contributed by atoms with Crippen LogP contribution in [0, 0.1) is 11.3 Å². The number of hydrogen-bond acceptors (Lipinski definition) is 2. The molecule has 0 bridgehead atoms. The third-order valence-corrected chi connectivity index (χ3v) is 4.79. The second-order valence-electron chi connectivity index (χ2n) is 6.74. The first-order valence-electron chi connectivity index (χ1n) is 7.29. The molecule has 0 heterocycles. The molecule has 1 rings (SSSR count). The monoisotopic (exact) mass is 268 g/mol. The first-order valence-corrected chi connectivity index (χ1v) is 7.29. The fourth-order valence-corrected chi connectivity index (χ4v) is 3.18. The van der Waals surface area contributed by atoms with Gasteiger partial charge in [-0.15, -0.1) is 0 Å². The maximum absolute atomic E-state index is 10.8. The van der Waals surface area contributed by atoms with Crippen LogP contribution >= 0.6 is 0 Å². The molecule has 1 aliphatic carbocycles. The fraction of sp³-hybridized carbons (Fsp3) is 0.812. The highest BCUT2D eigenvalue weighted by molar-refractivity contribution is 5.57. The zero-order valence-electron chi connectivity index (χ0n) is 13.0. The average molecular weight is 268 g/mol. The van der Waals surface area contributed by atoms with Crippen LogP contribution in [-0.2, 0) is 4.74 Å². The van der Waals surface area contributed by atoms with E-state index in [9.17, 15) is 4.79 Å². The Bertz CT molecular complexity index is 357. The van der Waals surface area contributed by atoms with E-state index in [4.69, 9.17) is 9.84 Å². The van der Waals surface area contributed by atoms with Crippen molar-refractivity contribution in [3.63, 3.8) is 0 Å². The van der Waals surface area contributed by atoms with Crippen molar-refractivity contribution in [1.29, 1.82) is 0 Å². The highest BCUT2D eigenvalue weighted by atomic mass is 16.7. The SMILES string of the molecule is CCC(C)(CCC1C(C)=CCCC1(C)C)OC(=O)O. The van der Waals surface area contributed by atoms with Gasteiger partial charge in [-0.2, -0.15) is 0 Å². The highest BCUT2D eigenvalue weighted by Crippen LogP contribution is 2.44. The van der Waals surface area contributed by atoms with E-state index in [1.165, 1.54) is 12.0 Å². The third-order valence-electron chi connectivity index (χ3n) is 4.79. The van der Waals surface area contributed by atoms with Gasteiger partial charge < -0.3 is 9.84 Å². The molecule has 3 heteroatoms. The minimum absolute atomic E-state index is 0.302. The smallest absolute Gasteiger partial charge is 0.450 e. The summed E-state index contributed by atoms with van der Waals surface area (Å²) < 4.78 is 5.08. The Morgan fingerprint density at radius 3 is 2.68 bits per heavy atom. The van der Waals surface area contributed by atoms with E-state index in [1.807, 2.05) is 13.8 Å². The minimum atomic E-state index is -1.17. The number of ether oxygens (including phenoxy) is 1. The van der Waals surface area contributed by atoms with Crippen LogP contribution in [0.4, 0.5) is 4.79 Å². The van der Waals surface area contributed by atoms with E-state index in [-0.39, 0.29) is 0 Å². The maximum Gasteiger partial charge on any atom is 0.506 e. The van der Waals surface area contributed by atoms with E-state index in [0.29, 0.717) is 11.3 Å². The van der Waals surface area contributed by atoms with Crippen molar-refractivity contribution >= 4 is 6.16 Å². The van der Waals surface area contributed by atoms with Crippen LogP contribution in [0.15, 0.2) is 11.6 Å². The molecule has 2 atom stereocenters. The summed E-state index contributed by atoms with van der Waals surface area (Å²) in [4.78, 5) is 10.8. The van der Waals surface area contributed by atoms with Gasteiger partial charge in [-0.1, -0.05) is 32.4 Å². The van der Waals surface area contributed by atoms with E-state index in [1.54, 1.807) is 0 Å². The Morgan fingerprint density at radius 2 is 2.21 bits per heavy atom. The van der Waals surface area contributed by atoms with Crippen molar-refractivity contribution in [1.82, 2.24) is 0 Å². The summed E-state index contributed by atoms with van der Waals surface area (Å²) in [6, 6.07) is 0. The molecule has 0 fully saturated rings. The lowest BCUT2D eigenvalue weighted by atomic mass is 9.66. The van der Waals surface area contributed by atoms with E-state index in [0.717, 1.165) is 25.7 Å². The van der Waals surface area contributed by atoms with Gasteiger partial charge in [-0.05, 0) is 57.3 Å². The lowest BCUT2D eigenvalue weighted by Gasteiger charge is -2.40. The van der Waals surface area contributed by atoms with Crippen LogP contribution < -0.4 is 0 Å². The molecule has 0 saturated heterocycles. The molecule has 0 aliphatic heterocycles. The second-order valence-corrected chi connectivity index (χ2v) is 6.74. The van der Waals surface area contributed by atoms with Crippen LogP contribution in [0.3, 0.4) is 0 Å². The summed E-state index contributed by atoms with van der Waals surface area (Å²) in [5, 5.41) is 8.84. The summed E-state index contributed by atoms with van der Waals surface area (Å²) in [5.74, 6) is 0.532.